The van der Waals surface area contributed by atoms with E-state index in [0.717, 1.165) is 24.4 Å². The number of pyridine rings is 1. The summed E-state index contributed by atoms with van der Waals surface area (Å²) in [6, 6.07) is 12.5. The topological polar surface area (TPSA) is 46.5 Å². The van der Waals surface area contributed by atoms with Crippen molar-refractivity contribution in [3.63, 3.8) is 0 Å². The summed E-state index contributed by atoms with van der Waals surface area (Å²) in [6.07, 6.45) is 4.66. The van der Waals surface area contributed by atoms with Gasteiger partial charge in [0, 0.05) is 30.4 Å². The lowest BCUT2D eigenvalue weighted by atomic mass is 9.77. The van der Waals surface area contributed by atoms with Crippen molar-refractivity contribution in [3.05, 3.63) is 64.7 Å². The zero-order valence-electron chi connectivity index (χ0n) is 11.4. The summed E-state index contributed by atoms with van der Waals surface area (Å²) in [5.41, 5.74) is 3.91. The van der Waals surface area contributed by atoms with Crippen LogP contribution in [-0.2, 0) is 13.0 Å². The summed E-state index contributed by atoms with van der Waals surface area (Å²) in [6.45, 7) is 0.865. The van der Waals surface area contributed by atoms with Gasteiger partial charge >= 0.3 is 0 Å². The average molecular weight is 294 g/mol. The fraction of sp³-hybridized carbons (Fsp3) is 0.188. The summed E-state index contributed by atoms with van der Waals surface area (Å²) in [4.78, 5) is 4.05. The Morgan fingerprint density at radius 3 is 2.81 bits per heavy atom. The number of aromatic amines is 1. The first-order valence-electron chi connectivity index (χ1n) is 6.96. The van der Waals surface area contributed by atoms with Crippen LogP contribution in [0.2, 0.25) is 0 Å². The van der Waals surface area contributed by atoms with Gasteiger partial charge in [0.05, 0.1) is 0 Å². The molecular weight excluding hydrogens is 280 g/mol. The molecule has 1 N–H and O–H groups in total. The van der Waals surface area contributed by atoms with Crippen molar-refractivity contribution in [3.8, 4) is 11.4 Å². The maximum Gasteiger partial charge on any atom is 0.195 e. The minimum atomic E-state index is 0.520. The van der Waals surface area contributed by atoms with Crippen molar-refractivity contribution in [1.82, 2.24) is 19.7 Å². The summed E-state index contributed by atoms with van der Waals surface area (Å²) >= 11 is 5.39. The zero-order chi connectivity index (χ0) is 14.2. The molecule has 2 heterocycles. The number of nitrogens with zero attached hydrogens (tertiary/aromatic N) is 3. The predicted octanol–water partition coefficient (Wildman–Crippen LogP) is 3.34. The van der Waals surface area contributed by atoms with Gasteiger partial charge in [-0.2, -0.15) is 5.10 Å². The van der Waals surface area contributed by atoms with Crippen molar-refractivity contribution < 1.29 is 0 Å². The van der Waals surface area contributed by atoms with Crippen molar-refractivity contribution in [2.45, 2.75) is 18.9 Å². The molecule has 0 fully saturated rings. The third-order valence-corrected chi connectivity index (χ3v) is 4.37. The molecule has 104 valence electrons. The molecule has 0 saturated carbocycles. The van der Waals surface area contributed by atoms with Crippen molar-refractivity contribution >= 4 is 12.2 Å². The van der Waals surface area contributed by atoms with E-state index in [0.29, 0.717) is 10.7 Å². The fourth-order valence-corrected chi connectivity index (χ4v) is 3.16. The molecule has 0 radical (unpaired) electrons. The van der Waals surface area contributed by atoms with Crippen LogP contribution in [0.1, 0.15) is 17.0 Å². The Balaban J connectivity index is 1.68. The van der Waals surface area contributed by atoms with Crippen LogP contribution in [0, 0.1) is 4.77 Å². The van der Waals surface area contributed by atoms with Crippen LogP contribution in [0.4, 0.5) is 0 Å². The first kappa shape index (κ1) is 12.5. The van der Waals surface area contributed by atoms with Gasteiger partial charge in [-0.25, -0.2) is 0 Å². The fourth-order valence-electron chi connectivity index (χ4n) is 2.95. The number of fused-ring (bicyclic) bond motifs is 1. The van der Waals surface area contributed by atoms with E-state index in [4.69, 9.17) is 12.2 Å². The van der Waals surface area contributed by atoms with Crippen LogP contribution in [0.15, 0.2) is 48.8 Å². The Morgan fingerprint density at radius 2 is 2.00 bits per heavy atom. The highest BCUT2D eigenvalue weighted by atomic mass is 32.1. The minimum Gasteiger partial charge on any atom is -0.300 e. The SMILES string of the molecule is S=c1[nH]nc(-c2ccncc2)n1CC1Cc2ccccc21. The predicted molar refractivity (Wildman–Crippen MR) is 83.5 cm³/mol. The highest BCUT2D eigenvalue weighted by molar-refractivity contribution is 7.71. The Labute approximate surface area is 127 Å². The summed E-state index contributed by atoms with van der Waals surface area (Å²) in [5.74, 6) is 1.40. The summed E-state index contributed by atoms with van der Waals surface area (Å²) < 4.78 is 2.76. The molecule has 5 heteroatoms. The third kappa shape index (κ3) is 2.10. The molecule has 1 aromatic carbocycles. The van der Waals surface area contributed by atoms with Crippen LogP contribution in [0.5, 0.6) is 0 Å². The minimum absolute atomic E-state index is 0.520. The molecule has 3 aromatic rings. The molecule has 0 aliphatic heterocycles. The second-order valence-corrected chi connectivity index (χ2v) is 5.69. The van der Waals surface area contributed by atoms with Gasteiger partial charge in [0.1, 0.15) is 0 Å². The Bertz CT molecular complexity index is 835. The molecule has 0 bridgehead atoms. The van der Waals surface area contributed by atoms with Gasteiger partial charge in [-0.3, -0.25) is 14.6 Å². The molecule has 0 amide bonds. The average Bonchev–Trinajstić information content (AvgIpc) is 2.87. The highest BCUT2D eigenvalue weighted by Gasteiger charge is 2.26. The molecule has 1 aliphatic carbocycles. The Kier molecular flexibility index (Phi) is 2.93. The van der Waals surface area contributed by atoms with Crippen LogP contribution < -0.4 is 0 Å². The quantitative estimate of drug-likeness (QED) is 0.754. The smallest absolute Gasteiger partial charge is 0.195 e. The normalized spacial score (nSPS) is 16.3. The standard InChI is InChI=1S/C16H14N4S/c21-16-19-18-15(11-5-7-17-8-6-11)20(16)10-13-9-12-3-1-2-4-14(12)13/h1-8,13H,9-10H2,(H,19,21). The van der Waals surface area contributed by atoms with Gasteiger partial charge in [0.25, 0.3) is 0 Å². The number of benzene rings is 1. The Hall–Kier alpha value is -2.27. The van der Waals surface area contributed by atoms with E-state index in [9.17, 15) is 0 Å². The third-order valence-electron chi connectivity index (χ3n) is 4.06. The number of hydrogen-bond donors (Lipinski definition) is 1. The molecule has 2 aromatic heterocycles. The molecule has 4 rings (SSSR count). The molecule has 4 nitrogen and oxygen atoms in total. The van der Waals surface area contributed by atoms with E-state index in [1.165, 1.54) is 11.1 Å². The second kappa shape index (κ2) is 4.93. The molecule has 1 unspecified atom stereocenters. The highest BCUT2D eigenvalue weighted by Crippen LogP contribution is 2.36. The maximum absolute atomic E-state index is 5.39. The van der Waals surface area contributed by atoms with Gasteiger partial charge in [-0.15, -0.1) is 0 Å². The molecule has 0 saturated heterocycles. The summed E-state index contributed by atoms with van der Waals surface area (Å²) in [5, 5.41) is 7.28. The maximum atomic E-state index is 5.39. The monoisotopic (exact) mass is 294 g/mol. The number of H-pyrrole nitrogens is 1. The molecule has 1 atom stereocenters. The first-order chi connectivity index (χ1) is 10.3. The van der Waals surface area contributed by atoms with E-state index >= 15 is 0 Å². The van der Waals surface area contributed by atoms with E-state index in [1.807, 2.05) is 12.1 Å². The first-order valence-corrected chi connectivity index (χ1v) is 7.37. The van der Waals surface area contributed by atoms with Crippen LogP contribution >= 0.6 is 12.2 Å². The van der Waals surface area contributed by atoms with Gasteiger partial charge in [0.2, 0.25) is 0 Å². The van der Waals surface area contributed by atoms with E-state index in [-0.39, 0.29) is 0 Å². The van der Waals surface area contributed by atoms with Gasteiger partial charge in [-0.1, -0.05) is 24.3 Å². The molecular formula is C16H14N4S. The van der Waals surface area contributed by atoms with E-state index < -0.39 is 0 Å². The lowest BCUT2D eigenvalue weighted by molar-refractivity contribution is 0.507. The summed E-state index contributed by atoms with van der Waals surface area (Å²) in [7, 11) is 0. The van der Waals surface area contributed by atoms with Crippen LogP contribution in [0.3, 0.4) is 0 Å². The van der Waals surface area contributed by atoms with E-state index in [2.05, 4.69) is 44.0 Å². The van der Waals surface area contributed by atoms with Gasteiger partial charge in [-0.05, 0) is 41.9 Å². The molecule has 21 heavy (non-hydrogen) atoms. The van der Waals surface area contributed by atoms with E-state index in [1.54, 1.807) is 12.4 Å². The van der Waals surface area contributed by atoms with Crippen LogP contribution in [-0.4, -0.2) is 19.7 Å². The number of hydrogen-bond acceptors (Lipinski definition) is 3. The van der Waals surface area contributed by atoms with Crippen molar-refractivity contribution in [1.29, 1.82) is 0 Å². The second-order valence-electron chi connectivity index (χ2n) is 5.30. The lowest BCUT2D eigenvalue weighted by Gasteiger charge is -2.30. The van der Waals surface area contributed by atoms with Gasteiger partial charge < -0.3 is 0 Å². The largest absolute Gasteiger partial charge is 0.300 e. The van der Waals surface area contributed by atoms with Crippen molar-refractivity contribution in [2.24, 2.45) is 0 Å². The van der Waals surface area contributed by atoms with Gasteiger partial charge in [0.15, 0.2) is 10.6 Å². The number of nitrogens with one attached hydrogen (secondary N) is 1. The Morgan fingerprint density at radius 1 is 1.19 bits per heavy atom. The molecule has 1 aliphatic rings. The number of rotatable bonds is 3. The zero-order valence-corrected chi connectivity index (χ0v) is 12.2. The lowest BCUT2D eigenvalue weighted by Crippen LogP contribution is -2.22. The van der Waals surface area contributed by atoms with Crippen LogP contribution in [0.25, 0.3) is 11.4 Å². The number of aromatic nitrogens is 4. The molecule has 0 spiro atoms. The van der Waals surface area contributed by atoms with Crippen molar-refractivity contribution in [2.75, 3.05) is 0 Å².